The fourth-order valence-corrected chi connectivity index (χ4v) is 2.24. The van der Waals surface area contributed by atoms with Crippen molar-refractivity contribution >= 4 is 11.4 Å². The molecule has 1 atom stereocenters. The first-order valence-corrected chi connectivity index (χ1v) is 5.76. The zero-order valence-corrected chi connectivity index (χ0v) is 10.1. The Morgan fingerprint density at radius 3 is 2.82 bits per heavy atom. The fourth-order valence-electron chi connectivity index (χ4n) is 2.24. The van der Waals surface area contributed by atoms with Crippen LogP contribution < -0.4 is 5.32 Å². The standard InChI is InChI=1S/C12H17N3O2/c1-9-7-10(3-4-12(9)15(16)17)13-11-5-6-14(2)8-11/h3-4,7,11,13H,5-6,8H2,1-2H3. The lowest BCUT2D eigenvalue weighted by atomic mass is 10.1. The Morgan fingerprint density at radius 1 is 1.53 bits per heavy atom. The molecular weight excluding hydrogens is 218 g/mol. The van der Waals surface area contributed by atoms with Crippen LogP contribution in [0.15, 0.2) is 18.2 Å². The van der Waals surface area contributed by atoms with E-state index < -0.39 is 0 Å². The van der Waals surface area contributed by atoms with Gasteiger partial charge in [0.05, 0.1) is 4.92 Å². The molecule has 0 amide bonds. The predicted molar refractivity (Wildman–Crippen MR) is 67.4 cm³/mol. The minimum atomic E-state index is -0.345. The molecule has 0 saturated carbocycles. The van der Waals surface area contributed by atoms with E-state index in [-0.39, 0.29) is 10.6 Å². The van der Waals surface area contributed by atoms with Gasteiger partial charge in [0.25, 0.3) is 5.69 Å². The van der Waals surface area contributed by atoms with Crippen LogP contribution in [0.3, 0.4) is 0 Å². The van der Waals surface area contributed by atoms with Crippen molar-refractivity contribution < 1.29 is 4.92 Å². The van der Waals surface area contributed by atoms with Gasteiger partial charge in [0.2, 0.25) is 0 Å². The molecule has 1 aromatic carbocycles. The lowest BCUT2D eigenvalue weighted by Crippen LogP contribution is -2.23. The zero-order valence-electron chi connectivity index (χ0n) is 10.1. The molecule has 1 aromatic rings. The molecule has 1 aliphatic rings. The summed E-state index contributed by atoms with van der Waals surface area (Å²) in [6.07, 6.45) is 1.12. The Hall–Kier alpha value is -1.62. The quantitative estimate of drug-likeness (QED) is 0.643. The first-order chi connectivity index (χ1) is 8.06. The summed E-state index contributed by atoms with van der Waals surface area (Å²) in [6.45, 7) is 3.89. The number of likely N-dealkylation sites (N-methyl/N-ethyl adjacent to an activating group) is 1. The number of nitrogens with one attached hydrogen (secondary N) is 1. The van der Waals surface area contributed by atoms with Crippen molar-refractivity contribution in [1.82, 2.24) is 4.90 Å². The normalized spacial score (nSPS) is 20.5. The summed E-state index contributed by atoms with van der Waals surface area (Å²) in [5.41, 5.74) is 1.85. The molecule has 5 nitrogen and oxygen atoms in total. The number of nitro benzene ring substituents is 1. The van der Waals surface area contributed by atoms with E-state index in [1.54, 1.807) is 19.1 Å². The second-order valence-corrected chi connectivity index (χ2v) is 4.65. The van der Waals surface area contributed by atoms with E-state index in [4.69, 9.17) is 0 Å². The number of anilines is 1. The number of nitrogens with zero attached hydrogens (tertiary/aromatic N) is 2. The van der Waals surface area contributed by atoms with Gasteiger partial charge in [-0.1, -0.05) is 0 Å². The van der Waals surface area contributed by atoms with Gasteiger partial charge in [-0.3, -0.25) is 10.1 Å². The Morgan fingerprint density at radius 2 is 2.29 bits per heavy atom. The third-order valence-electron chi connectivity index (χ3n) is 3.16. The van der Waals surface area contributed by atoms with Crippen LogP contribution in [0.2, 0.25) is 0 Å². The maximum absolute atomic E-state index is 10.7. The van der Waals surface area contributed by atoms with Gasteiger partial charge in [-0.05, 0) is 39.1 Å². The average Bonchev–Trinajstić information content (AvgIpc) is 2.63. The summed E-state index contributed by atoms with van der Waals surface area (Å²) in [5, 5.41) is 14.1. The van der Waals surface area contributed by atoms with Crippen molar-refractivity contribution in [3.8, 4) is 0 Å². The van der Waals surface area contributed by atoms with E-state index in [9.17, 15) is 10.1 Å². The second-order valence-electron chi connectivity index (χ2n) is 4.65. The number of aryl methyl sites for hydroxylation is 1. The number of nitro groups is 1. The van der Waals surface area contributed by atoms with Crippen molar-refractivity contribution in [2.45, 2.75) is 19.4 Å². The Bertz CT molecular complexity index is 434. The van der Waals surface area contributed by atoms with Crippen LogP contribution in [0.4, 0.5) is 11.4 Å². The highest BCUT2D eigenvalue weighted by atomic mass is 16.6. The Balaban J connectivity index is 2.07. The molecule has 1 unspecified atom stereocenters. The maximum Gasteiger partial charge on any atom is 0.272 e. The highest BCUT2D eigenvalue weighted by Gasteiger charge is 2.19. The molecular formula is C12H17N3O2. The number of likely N-dealkylation sites (tertiary alicyclic amines) is 1. The van der Waals surface area contributed by atoms with Crippen LogP contribution in [-0.2, 0) is 0 Å². The van der Waals surface area contributed by atoms with Crippen LogP contribution in [0, 0.1) is 17.0 Å². The van der Waals surface area contributed by atoms with Crippen molar-refractivity contribution in [3.63, 3.8) is 0 Å². The molecule has 0 aliphatic carbocycles. The number of benzene rings is 1. The highest BCUT2D eigenvalue weighted by Crippen LogP contribution is 2.23. The lowest BCUT2D eigenvalue weighted by Gasteiger charge is -2.14. The van der Waals surface area contributed by atoms with Crippen LogP contribution in [0.25, 0.3) is 0 Å². The van der Waals surface area contributed by atoms with Crippen LogP contribution in [-0.4, -0.2) is 36.0 Å². The van der Waals surface area contributed by atoms with E-state index in [0.29, 0.717) is 11.6 Å². The smallest absolute Gasteiger partial charge is 0.272 e. The SMILES string of the molecule is Cc1cc(NC2CCN(C)C2)ccc1[N+](=O)[O-]. The highest BCUT2D eigenvalue weighted by molar-refractivity contribution is 5.54. The third kappa shape index (κ3) is 2.74. The summed E-state index contributed by atoms with van der Waals surface area (Å²) in [5.74, 6) is 0. The second kappa shape index (κ2) is 4.71. The fraction of sp³-hybridized carbons (Fsp3) is 0.500. The summed E-state index contributed by atoms with van der Waals surface area (Å²) in [4.78, 5) is 12.6. The van der Waals surface area contributed by atoms with Gasteiger partial charge >= 0.3 is 0 Å². The summed E-state index contributed by atoms with van der Waals surface area (Å²) >= 11 is 0. The maximum atomic E-state index is 10.7. The first-order valence-electron chi connectivity index (χ1n) is 5.76. The van der Waals surface area contributed by atoms with Gasteiger partial charge in [0.15, 0.2) is 0 Å². The molecule has 0 radical (unpaired) electrons. The van der Waals surface area contributed by atoms with Crippen molar-refractivity contribution in [1.29, 1.82) is 0 Å². The lowest BCUT2D eigenvalue weighted by molar-refractivity contribution is -0.385. The van der Waals surface area contributed by atoms with E-state index >= 15 is 0 Å². The zero-order chi connectivity index (χ0) is 12.4. The number of rotatable bonds is 3. The minimum Gasteiger partial charge on any atom is -0.381 e. The predicted octanol–water partition coefficient (Wildman–Crippen LogP) is 2.02. The molecule has 5 heteroatoms. The van der Waals surface area contributed by atoms with Crippen LogP contribution in [0.5, 0.6) is 0 Å². The van der Waals surface area contributed by atoms with Gasteiger partial charge < -0.3 is 10.2 Å². The van der Waals surface area contributed by atoms with Crippen molar-refractivity contribution in [3.05, 3.63) is 33.9 Å². The molecule has 17 heavy (non-hydrogen) atoms. The molecule has 2 rings (SSSR count). The summed E-state index contributed by atoms with van der Waals surface area (Å²) in [7, 11) is 2.10. The Labute approximate surface area is 101 Å². The average molecular weight is 235 g/mol. The molecule has 1 saturated heterocycles. The topological polar surface area (TPSA) is 58.4 Å². The summed E-state index contributed by atoms with van der Waals surface area (Å²) < 4.78 is 0. The van der Waals surface area contributed by atoms with Gasteiger partial charge in [0, 0.05) is 29.9 Å². The minimum absolute atomic E-state index is 0.180. The molecule has 92 valence electrons. The van der Waals surface area contributed by atoms with E-state index in [0.717, 1.165) is 25.2 Å². The molecule has 0 spiro atoms. The van der Waals surface area contributed by atoms with E-state index in [2.05, 4.69) is 17.3 Å². The largest absolute Gasteiger partial charge is 0.381 e. The van der Waals surface area contributed by atoms with Crippen molar-refractivity contribution in [2.24, 2.45) is 0 Å². The summed E-state index contributed by atoms with van der Waals surface area (Å²) in [6, 6.07) is 5.64. The van der Waals surface area contributed by atoms with Gasteiger partial charge in [-0.2, -0.15) is 0 Å². The van der Waals surface area contributed by atoms with Gasteiger partial charge in [0.1, 0.15) is 0 Å². The molecule has 1 heterocycles. The van der Waals surface area contributed by atoms with Gasteiger partial charge in [-0.15, -0.1) is 0 Å². The number of hydrogen-bond donors (Lipinski definition) is 1. The Kier molecular flexibility index (Phi) is 3.28. The molecule has 0 bridgehead atoms. The monoisotopic (exact) mass is 235 g/mol. The van der Waals surface area contributed by atoms with Crippen LogP contribution in [0.1, 0.15) is 12.0 Å². The first kappa shape index (κ1) is 11.9. The molecule has 1 aliphatic heterocycles. The van der Waals surface area contributed by atoms with Crippen molar-refractivity contribution in [2.75, 3.05) is 25.5 Å². The molecule has 1 N–H and O–H groups in total. The van der Waals surface area contributed by atoms with E-state index in [1.165, 1.54) is 0 Å². The molecule has 0 aromatic heterocycles. The van der Waals surface area contributed by atoms with E-state index in [1.807, 2.05) is 6.07 Å². The van der Waals surface area contributed by atoms with Gasteiger partial charge in [-0.25, -0.2) is 0 Å². The molecule has 1 fully saturated rings. The third-order valence-corrected chi connectivity index (χ3v) is 3.16. The van der Waals surface area contributed by atoms with Crippen LogP contribution >= 0.6 is 0 Å². The number of hydrogen-bond acceptors (Lipinski definition) is 4.